The summed E-state index contributed by atoms with van der Waals surface area (Å²) < 4.78 is 42.6. The van der Waals surface area contributed by atoms with E-state index < -0.39 is 32.3 Å². The van der Waals surface area contributed by atoms with Crippen LogP contribution in [0.2, 0.25) is 0 Å². The van der Waals surface area contributed by atoms with Gasteiger partial charge in [0, 0.05) is 24.2 Å². The average molecular weight is 414 g/mol. The number of carbonyl (C=O) groups excluding carboxylic acids is 2. The molecule has 4 rings (SSSR count). The van der Waals surface area contributed by atoms with Crippen molar-refractivity contribution in [3.05, 3.63) is 76.1 Å². The number of rotatable bonds is 4. The minimum absolute atomic E-state index is 0.0344. The molecule has 0 amide bonds. The van der Waals surface area contributed by atoms with Gasteiger partial charge in [0.1, 0.15) is 11.5 Å². The van der Waals surface area contributed by atoms with Gasteiger partial charge in [0.2, 0.25) is 11.6 Å². The quantitative estimate of drug-likeness (QED) is 0.830. The lowest BCUT2D eigenvalue weighted by Crippen LogP contribution is -2.40. The van der Waals surface area contributed by atoms with Crippen LogP contribution in [0.3, 0.4) is 0 Å². The smallest absolute Gasteiger partial charge is 0.268 e. The van der Waals surface area contributed by atoms with Crippen LogP contribution in [0.15, 0.2) is 59.1 Å². The summed E-state index contributed by atoms with van der Waals surface area (Å²) in [6.45, 7) is 0.963. The first-order valence-electron chi connectivity index (χ1n) is 9.35. The van der Waals surface area contributed by atoms with E-state index in [9.17, 15) is 22.4 Å². The van der Waals surface area contributed by atoms with Gasteiger partial charge >= 0.3 is 0 Å². The van der Waals surface area contributed by atoms with Crippen LogP contribution in [0.4, 0.5) is 10.1 Å². The minimum Gasteiger partial charge on any atom is -0.367 e. The number of halogens is 1. The van der Waals surface area contributed by atoms with Crippen LogP contribution in [0.5, 0.6) is 0 Å². The number of Topliss-reactive ketones (excluding diaryl/α,β-unsaturated/α-hetero) is 2. The molecule has 1 aliphatic carbocycles. The van der Waals surface area contributed by atoms with Crippen molar-refractivity contribution < 1.29 is 22.4 Å². The first-order chi connectivity index (χ1) is 13.9. The Bertz CT molecular complexity index is 1130. The number of benzene rings is 2. The molecular weight excluding hydrogens is 395 g/mol. The lowest BCUT2D eigenvalue weighted by atomic mass is 9.91. The Morgan fingerprint density at radius 3 is 2.07 bits per heavy atom. The molecule has 1 heterocycles. The second kappa shape index (κ2) is 7.44. The Balaban J connectivity index is 1.88. The van der Waals surface area contributed by atoms with Gasteiger partial charge in [0.25, 0.3) is 10.0 Å². The average Bonchev–Trinajstić information content (AvgIpc) is 2.72. The van der Waals surface area contributed by atoms with Crippen molar-refractivity contribution in [2.45, 2.75) is 19.3 Å². The summed E-state index contributed by atoms with van der Waals surface area (Å²) in [5, 5.41) is 0. The number of nitrogens with zero attached hydrogens (tertiary/aromatic N) is 1. The maximum Gasteiger partial charge on any atom is 0.268 e. The summed E-state index contributed by atoms with van der Waals surface area (Å²) in [7, 11) is -4.50. The number of hydrogen-bond donors (Lipinski definition) is 1. The molecule has 150 valence electrons. The second-order valence-electron chi connectivity index (χ2n) is 7.01. The molecule has 0 unspecified atom stereocenters. The number of carbonyl (C=O) groups is 2. The molecule has 0 bridgehead atoms. The molecule has 1 N–H and O–H groups in total. The van der Waals surface area contributed by atoms with Crippen molar-refractivity contribution in [2.75, 3.05) is 17.8 Å². The van der Waals surface area contributed by atoms with E-state index in [0.717, 1.165) is 25.3 Å². The summed E-state index contributed by atoms with van der Waals surface area (Å²) in [6.07, 6.45) is 2.55. The largest absolute Gasteiger partial charge is 0.367 e. The highest BCUT2D eigenvalue weighted by atomic mass is 32.2. The van der Waals surface area contributed by atoms with Crippen LogP contribution in [0.25, 0.3) is 0 Å². The summed E-state index contributed by atoms with van der Waals surface area (Å²) in [6, 6.07) is 11.4. The fourth-order valence-corrected chi connectivity index (χ4v) is 5.12. The van der Waals surface area contributed by atoms with Gasteiger partial charge in [-0.15, -0.1) is 0 Å². The zero-order chi connectivity index (χ0) is 20.6. The van der Waals surface area contributed by atoms with Gasteiger partial charge in [-0.2, -0.15) is 0 Å². The maximum atomic E-state index is 14.0. The van der Waals surface area contributed by atoms with Gasteiger partial charge in [-0.3, -0.25) is 14.3 Å². The third-order valence-electron chi connectivity index (χ3n) is 5.11. The molecule has 2 aliphatic rings. The predicted molar refractivity (Wildman–Crippen MR) is 106 cm³/mol. The van der Waals surface area contributed by atoms with Crippen molar-refractivity contribution in [3.8, 4) is 0 Å². The second-order valence-corrected chi connectivity index (χ2v) is 8.63. The molecule has 1 fully saturated rings. The summed E-state index contributed by atoms with van der Waals surface area (Å²) >= 11 is 0. The van der Waals surface area contributed by atoms with Gasteiger partial charge in [-0.25, -0.2) is 12.8 Å². The van der Waals surface area contributed by atoms with Crippen LogP contribution >= 0.6 is 0 Å². The third kappa shape index (κ3) is 3.44. The van der Waals surface area contributed by atoms with Gasteiger partial charge in [-0.1, -0.05) is 36.4 Å². The minimum atomic E-state index is -4.50. The highest BCUT2D eigenvalue weighted by Crippen LogP contribution is 2.33. The molecule has 1 saturated heterocycles. The number of fused-ring (bicyclic) bond motifs is 1. The molecule has 0 atom stereocenters. The first-order valence-corrected chi connectivity index (χ1v) is 10.8. The molecule has 2 aromatic carbocycles. The highest BCUT2D eigenvalue weighted by Gasteiger charge is 2.41. The van der Waals surface area contributed by atoms with Crippen LogP contribution in [0, 0.1) is 5.82 Å². The molecule has 8 heteroatoms. The SMILES string of the molecule is O=C1C(N2CCCCC2)=C(S(=O)(=O)Nc2ccccc2F)C(=O)c2ccccc21. The van der Waals surface area contributed by atoms with Crippen LogP contribution in [-0.4, -0.2) is 38.0 Å². The van der Waals surface area contributed by atoms with Gasteiger partial charge in [-0.05, 0) is 31.4 Å². The van der Waals surface area contributed by atoms with E-state index in [-0.39, 0.29) is 22.5 Å². The predicted octanol–water partition coefficient (Wildman–Crippen LogP) is 3.34. The zero-order valence-electron chi connectivity index (χ0n) is 15.5. The molecule has 29 heavy (non-hydrogen) atoms. The number of allylic oxidation sites excluding steroid dienone is 2. The molecule has 0 saturated carbocycles. The Kier molecular flexibility index (Phi) is 4.96. The number of piperidine rings is 1. The Morgan fingerprint density at radius 1 is 0.828 bits per heavy atom. The number of nitrogens with one attached hydrogen (secondary N) is 1. The molecule has 2 aromatic rings. The lowest BCUT2D eigenvalue weighted by Gasteiger charge is -2.33. The molecule has 0 radical (unpaired) electrons. The summed E-state index contributed by atoms with van der Waals surface area (Å²) in [5.74, 6) is -2.04. The Hall–Kier alpha value is -3.00. The number of hydrogen-bond acceptors (Lipinski definition) is 5. The summed E-state index contributed by atoms with van der Waals surface area (Å²) in [5.41, 5.74) is -0.190. The van der Waals surface area contributed by atoms with E-state index in [0.29, 0.717) is 13.1 Å². The van der Waals surface area contributed by atoms with Crippen molar-refractivity contribution in [1.82, 2.24) is 4.90 Å². The lowest BCUT2D eigenvalue weighted by molar-refractivity contribution is 0.0939. The van der Waals surface area contributed by atoms with E-state index >= 15 is 0 Å². The van der Waals surface area contributed by atoms with Crippen molar-refractivity contribution in [3.63, 3.8) is 0 Å². The Morgan fingerprint density at radius 2 is 1.41 bits per heavy atom. The standard InChI is InChI=1S/C21H19FN2O4S/c22-16-10-4-5-11-17(16)23-29(27,28)21-18(24-12-6-1-7-13-24)19(25)14-8-2-3-9-15(14)20(21)26/h2-5,8-11,23H,1,6-7,12-13H2. The van der Waals surface area contributed by atoms with Crippen molar-refractivity contribution in [2.24, 2.45) is 0 Å². The summed E-state index contributed by atoms with van der Waals surface area (Å²) in [4.78, 5) is 27.5. The van der Waals surface area contributed by atoms with Gasteiger partial charge in [0.05, 0.1) is 5.69 Å². The van der Waals surface area contributed by atoms with E-state index in [2.05, 4.69) is 4.72 Å². The number of para-hydroxylation sites is 1. The van der Waals surface area contributed by atoms with E-state index in [1.165, 1.54) is 30.3 Å². The van der Waals surface area contributed by atoms with Gasteiger partial charge in [0.15, 0.2) is 4.91 Å². The fourth-order valence-electron chi connectivity index (χ4n) is 3.73. The van der Waals surface area contributed by atoms with E-state index in [4.69, 9.17) is 0 Å². The van der Waals surface area contributed by atoms with E-state index in [1.807, 2.05) is 0 Å². The molecule has 0 aromatic heterocycles. The number of sulfonamides is 1. The molecule has 1 aliphatic heterocycles. The van der Waals surface area contributed by atoms with E-state index in [1.54, 1.807) is 17.0 Å². The fraction of sp³-hybridized carbons (Fsp3) is 0.238. The van der Waals surface area contributed by atoms with Crippen LogP contribution < -0.4 is 4.72 Å². The van der Waals surface area contributed by atoms with Crippen LogP contribution in [0.1, 0.15) is 40.0 Å². The topological polar surface area (TPSA) is 83.6 Å². The number of likely N-dealkylation sites (tertiary alicyclic amines) is 1. The molecule has 6 nitrogen and oxygen atoms in total. The third-order valence-corrected chi connectivity index (χ3v) is 6.52. The van der Waals surface area contributed by atoms with Gasteiger partial charge < -0.3 is 4.90 Å². The highest BCUT2D eigenvalue weighted by molar-refractivity contribution is 7.97. The normalized spacial score (nSPS) is 17.3. The zero-order valence-corrected chi connectivity index (χ0v) is 16.3. The molecular formula is C21H19FN2O4S. The van der Waals surface area contributed by atoms with Crippen molar-refractivity contribution in [1.29, 1.82) is 0 Å². The van der Waals surface area contributed by atoms with Crippen molar-refractivity contribution >= 4 is 27.3 Å². The van der Waals surface area contributed by atoms with Crippen LogP contribution in [-0.2, 0) is 10.0 Å². The maximum absolute atomic E-state index is 14.0. The Labute approximate surface area is 168 Å². The number of anilines is 1. The number of ketones is 2. The monoisotopic (exact) mass is 414 g/mol. The first kappa shape index (κ1) is 19.3. The molecule has 0 spiro atoms.